The lowest BCUT2D eigenvalue weighted by atomic mass is 10.1. The number of thioether (sulfide) groups is 1. The number of carboxylic acids is 1. The van der Waals surface area contributed by atoms with Crippen LogP contribution in [0, 0.1) is 0 Å². The van der Waals surface area contributed by atoms with Gasteiger partial charge in [0.05, 0.1) is 0 Å². The number of fused-ring (bicyclic) bond motifs is 1. The Morgan fingerprint density at radius 3 is 2.95 bits per heavy atom. The van der Waals surface area contributed by atoms with Gasteiger partial charge in [0, 0.05) is 17.5 Å². The Bertz CT molecular complexity index is 779. The van der Waals surface area contributed by atoms with Crippen LogP contribution in [0.15, 0.2) is 35.7 Å². The van der Waals surface area contributed by atoms with Crippen LogP contribution in [-0.2, 0) is 12.8 Å². The van der Waals surface area contributed by atoms with Gasteiger partial charge in [0.25, 0.3) is 0 Å². The molecule has 0 saturated carbocycles. The number of nitrogens with zero attached hydrogens (tertiary/aromatic N) is 3. The Kier molecular flexibility index (Phi) is 3.45. The fourth-order valence-corrected chi connectivity index (χ4v) is 4.04. The van der Waals surface area contributed by atoms with Crippen molar-refractivity contribution in [2.75, 3.05) is 0 Å². The molecule has 102 valence electrons. The summed E-state index contributed by atoms with van der Waals surface area (Å²) in [4.78, 5) is 11.8. The van der Waals surface area contributed by atoms with Crippen LogP contribution in [-0.4, -0.2) is 25.8 Å². The van der Waals surface area contributed by atoms with E-state index in [0.717, 1.165) is 20.8 Å². The van der Waals surface area contributed by atoms with Gasteiger partial charge in [0.15, 0.2) is 5.16 Å². The highest BCUT2D eigenvalue weighted by molar-refractivity contribution is 7.98. The first-order valence-corrected chi connectivity index (χ1v) is 7.67. The second-order valence-corrected chi connectivity index (χ2v) is 6.22. The molecule has 3 aromatic rings. The van der Waals surface area contributed by atoms with Gasteiger partial charge in [-0.3, -0.25) is 0 Å². The molecule has 0 amide bonds. The Hall–Kier alpha value is -1.86. The molecule has 0 saturated heterocycles. The van der Waals surface area contributed by atoms with Gasteiger partial charge >= 0.3 is 5.97 Å². The van der Waals surface area contributed by atoms with Crippen molar-refractivity contribution in [3.63, 3.8) is 0 Å². The van der Waals surface area contributed by atoms with Crippen LogP contribution >= 0.6 is 23.1 Å². The molecule has 2 aromatic heterocycles. The molecule has 0 aliphatic heterocycles. The Balaban J connectivity index is 1.99. The van der Waals surface area contributed by atoms with Crippen molar-refractivity contribution >= 4 is 39.2 Å². The summed E-state index contributed by atoms with van der Waals surface area (Å²) < 4.78 is 2.82. The Labute approximate surface area is 123 Å². The zero-order chi connectivity index (χ0) is 14.1. The highest BCUT2D eigenvalue weighted by Gasteiger charge is 2.18. The molecule has 20 heavy (non-hydrogen) atoms. The SMILES string of the molecule is Cn1cnnc1SCc1c(C(=O)O)sc2ccccc12. The van der Waals surface area contributed by atoms with Gasteiger partial charge < -0.3 is 9.67 Å². The predicted molar refractivity (Wildman–Crippen MR) is 79.3 cm³/mol. The average Bonchev–Trinajstić information content (AvgIpc) is 3.00. The number of benzene rings is 1. The maximum atomic E-state index is 11.4. The molecule has 0 aliphatic carbocycles. The number of rotatable bonds is 4. The van der Waals surface area contributed by atoms with E-state index in [2.05, 4.69) is 10.2 Å². The third kappa shape index (κ3) is 2.30. The number of hydrogen-bond donors (Lipinski definition) is 1. The molecule has 7 heteroatoms. The molecule has 0 bridgehead atoms. The summed E-state index contributed by atoms with van der Waals surface area (Å²) in [5.74, 6) is -0.308. The fourth-order valence-electron chi connectivity index (χ4n) is 1.95. The fraction of sp³-hybridized carbons (Fsp3) is 0.154. The first kappa shape index (κ1) is 13.1. The number of aromatic carboxylic acids is 1. The van der Waals surface area contributed by atoms with Gasteiger partial charge in [0.1, 0.15) is 11.2 Å². The maximum absolute atomic E-state index is 11.4. The lowest BCUT2D eigenvalue weighted by Crippen LogP contribution is -1.97. The Morgan fingerprint density at radius 2 is 2.25 bits per heavy atom. The topological polar surface area (TPSA) is 68.0 Å². The molecule has 0 spiro atoms. The average molecular weight is 305 g/mol. The molecule has 0 atom stereocenters. The molecule has 3 rings (SSSR count). The summed E-state index contributed by atoms with van der Waals surface area (Å²) in [5, 5.41) is 18.9. The molecular formula is C13H11N3O2S2. The van der Waals surface area contributed by atoms with Gasteiger partial charge in [0.2, 0.25) is 0 Å². The zero-order valence-electron chi connectivity index (χ0n) is 10.6. The standard InChI is InChI=1S/C13H11N3O2S2/c1-16-7-14-15-13(16)19-6-9-8-4-2-3-5-10(8)20-11(9)12(17)18/h2-5,7H,6H2,1H3,(H,17,18). The minimum Gasteiger partial charge on any atom is -0.477 e. The summed E-state index contributed by atoms with van der Waals surface area (Å²) in [6.45, 7) is 0. The van der Waals surface area contributed by atoms with E-state index in [0.29, 0.717) is 10.6 Å². The van der Waals surface area contributed by atoms with Crippen LogP contribution in [0.25, 0.3) is 10.1 Å². The minimum atomic E-state index is -0.875. The van der Waals surface area contributed by atoms with Crippen molar-refractivity contribution in [2.24, 2.45) is 7.05 Å². The summed E-state index contributed by atoms with van der Waals surface area (Å²) in [5.41, 5.74) is 0.853. The van der Waals surface area contributed by atoms with Crippen LogP contribution in [0.3, 0.4) is 0 Å². The third-order valence-electron chi connectivity index (χ3n) is 2.91. The monoisotopic (exact) mass is 305 g/mol. The van der Waals surface area contributed by atoms with Crippen LogP contribution in [0.1, 0.15) is 15.2 Å². The third-order valence-corrected chi connectivity index (χ3v) is 5.17. The number of aryl methyl sites for hydroxylation is 1. The van der Waals surface area contributed by atoms with E-state index in [1.54, 1.807) is 6.33 Å². The van der Waals surface area contributed by atoms with Gasteiger partial charge in [-0.1, -0.05) is 30.0 Å². The summed E-state index contributed by atoms with van der Waals surface area (Å²) in [6.07, 6.45) is 1.63. The number of carboxylic acid groups (broad SMARTS) is 1. The molecule has 0 fully saturated rings. The normalized spacial score (nSPS) is 11.1. The number of aromatic nitrogens is 3. The van der Waals surface area contributed by atoms with Gasteiger partial charge in [-0.25, -0.2) is 4.79 Å². The molecule has 1 N–H and O–H groups in total. The van der Waals surface area contributed by atoms with E-state index in [-0.39, 0.29) is 0 Å². The molecule has 0 aliphatic rings. The maximum Gasteiger partial charge on any atom is 0.346 e. The second-order valence-electron chi connectivity index (χ2n) is 4.22. The first-order valence-electron chi connectivity index (χ1n) is 5.87. The van der Waals surface area contributed by atoms with Crippen molar-refractivity contribution in [3.8, 4) is 0 Å². The van der Waals surface area contributed by atoms with Gasteiger partial charge in [-0.15, -0.1) is 21.5 Å². The van der Waals surface area contributed by atoms with Gasteiger partial charge in [-0.05, 0) is 17.0 Å². The largest absolute Gasteiger partial charge is 0.477 e. The van der Waals surface area contributed by atoms with Crippen LogP contribution in [0.4, 0.5) is 0 Å². The Morgan fingerprint density at radius 1 is 1.45 bits per heavy atom. The molecule has 2 heterocycles. The smallest absolute Gasteiger partial charge is 0.346 e. The number of thiophene rings is 1. The van der Waals surface area contributed by atoms with Crippen molar-refractivity contribution in [1.82, 2.24) is 14.8 Å². The highest BCUT2D eigenvalue weighted by Crippen LogP contribution is 2.35. The number of carbonyl (C=O) groups is 1. The molecule has 1 aromatic carbocycles. The van der Waals surface area contributed by atoms with Crippen LogP contribution in [0.2, 0.25) is 0 Å². The quantitative estimate of drug-likeness (QED) is 0.750. The van der Waals surface area contributed by atoms with E-state index in [9.17, 15) is 9.90 Å². The highest BCUT2D eigenvalue weighted by atomic mass is 32.2. The van der Waals surface area contributed by atoms with Crippen molar-refractivity contribution < 1.29 is 9.90 Å². The molecule has 5 nitrogen and oxygen atoms in total. The molecule has 0 unspecified atom stereocenters. The first-order chi connectivity index (χ1) is 9.66. The molecular weight excluding hydrogens is 294 g/mol. The predicted octanol–water partition coefficient (Wildman–Crippen LogP) is 3.02. The van der Waals surface area contributed by atoms with Crippen LogP contribution in [0.5, 0.6) is 0 Å². The summed E-state index contributed by atoms with van der Waals surface area (Å²) >= 11 is 2.81. The van der Waals surface area contributed by atoms with Gasteiger partial charge in [-0.2, -0.15) is 0 Å². The van der Waals surface area contributed by atoms with E-state index in [1.165, 1.54) is 23.1 Å². The van der Waals surface area contributed by atoms with Crippen molar-refractivity contribution in [1.29, 1.82) is 0 Å². The lowest BCUT2D eigenvalue weighted by molar-refractivity contribution is 0.0701. The zero-order valence-corrected chi connectivity index (χ0v) is 12.2. The van der Waals surface area contributed by atoms with Crippen molar-refractivity contribution in [2.45, 2.75) is 10.9 Å². The minimum absolute atomic E-state index is 0.404. The van der Waals surface area contributed by atoms with E-state index < -0.39 is 5.97 Å². The summed E-state index contributed by atoms with van der Waals surface area (Å²) in [7, 11) is 1.87. The molecule has 0 radical (unpaired) electrons. The number of hydrogen-bond acceptors (Lipinski definition) is 5. The summed E-state index contributed by atoms with van der Waals surface area (Å²) in [6, 6.07) is 7.76. The lowest BCUT2D eigenvalue weighted by Gasteiger charge is -2.02. The second kappa shape index (κ2) is 5.26. The van der Waals surface area contributed by atoms with Crippen molar-refractivity contribution in [3.05, 3.63) is 41.0 Å². The van der Waals surface area contributed by atoms with Crippen LogP contribution < -0.4 is 0 Å². The van der Waals surface area contributed by atoms with E-state index in [4.69, 9.17) is 0 Å². The van der Waals surface area contributed by atoms with E-state index >= 15 is 0 Å². The van der Waals surface area contributed by atoms with E-state index in [1.807, 2.05) is 35.9 Å².